The lowest BCUT2D eigenvalue weighted by molar-refractivity contribution is -0.384. The number of carbonyl (C=O) groups excluding carboxylic acids is 3. The molecule has 0 unspecified atom stereocenters. The molecule has 0 saturated carbocycles. The summed E-state index contributed by atoms with van der Waals surface area (Å²) in [5.41, 5.74) is 9.33. The summed E-state index contributed by atoms with van der Waals surface area (Å²) in [7, 11) is 0. The number of fused-ring (bicyclic) bond motifs is 1. The molecule has 3 amide bonds. The van der Waals surface area contributed by atoms with Crippen LogP contribution in [0.2, 0.25) is 0 Å². The van der Waals surface area contributed by atoms with Crippen LogP contribution in [0.25, 0.3) is 6.08 Å². The van der Waals surface area contributed by atoms with Gasteiger partial charge in [-0.3, -0.25) is 29.4 Å². The second kappa shape index (κ2) is 12.7. The molecular formula is C29H28N6O6S. The normalized spacial score (nSPS) is 14.9. The number of aryl methyl sites for hydroxylation is 1. The monoisotopic (exact) mass is 588 g/mol. The molecule has 0 aromatic heterocycles. The number of rotatable bonds is 11. The third kappa shape index (κ3) is 6.37. The number of nitro groups is 1. The zero-order chi connectivity index (χ0) is 29.6. The summed E-state index contributed by atoms with van der Waals surface area (Å²) in [6.07, 6.45) is 3.83. The highest BCUT2D eigenvalue weighted by Crippen LogP contribution is 2.42. The molecule has 1 saturated heterocycles. The zero-order valence-electron chi connectivity index (χ0n) is 22.6. The van der Waals surface area contributed by atoms with Crippen LogP contribution in [-0.4, -0.2) is 40.0 Å². The van der Waals surface area contributed by atoms with E-state index in [4.69, 9.17) is 4.94 Å². The molecule has 0 radical (unpaired) electrons. The van der Waals surface area contributed by atoms with Crippen molar-refractivity contribution in [3.05, 3.63) is 92.4 Å². The number of amides is 3. The minimum atomic E-state index is -0.508. The molecule has 0 bridgehead atoms. The van der Waals surface area contributed by atoms with Crippen LogP contribution in [0.1, 0.15) is 41.3 Å². The number of nitrogens with zero attached hydrogens (tertiary/aromatic N) is 2. The maximum atomic E-state index is 12.7. The number of nitro benzene ring substituents is 1. The minimum Gasteiger partial charge on any atom is -0.354 e. The summed E-state index contributed by atoms with van der Waals surface area (Å²) in [4.78, 5) is 55.0. The van der Waals surface area contributed by atoms with E-state index < -0.39 is 4.92 Å². The first kappa shape index (κ1) is 28.6. The van der Waals surface area contributed by atoms with Crippen LogP contribution in [0.5, 0.6) is 0 Å². The van der Waals surface area contributed by atoms with Crippen molar-refractivity contribution in [2.75, 3.05) is 29.4 Å². The van der Waals surface area contributed by atoms with Gasteiger partial charge in [0.2, 0.25) is 0 Å². The van der Waals surface area contributed by atoms with Crippen molar-refractivity contribution in [3.63, 3.8) is 0 Å². The van der Waals surface area contributed by atoms with Crippen LogP contribution in [0.3, 0.4) is 0 Å². The highest BCUT2D eigenvalue weighted by Gasteiger charge is 2.34. The molecule has 2 aliphatic rings. The van der Waals surface area contributed by atoms with Crippen LogP contribution >= 0.6 is 11.8 Å². The number of carbonyl (C=O) groups is 3. The van der Waals surface area contributed by atoms with Gasteiger partial charge in [-0.25, -0.2) is 11.0 Å². The van der Waals surface area contributed by atoms with Gasteiger partial charge in [0, 0.05) is 30.4 Å². The predicted octanol–water partition coefficient (Wildman–Crippen LogP) is 5.83. The van der Waals surface area contributed by atoms with Crippen molar-refractivity contribution in [1.82, 2.24) is 10.2 Å². The fourth-order valence-corrected chi connectivity index (χ4v) is 5.30. The van der Waals surface area contributed by atoms with Gasteiger partial charge in [0.15, 0.2) is 5.69 Å². The Morgan fingerprint density at radius 3 is 2.48 bits per heavy atom. The van der Waals surface area contributed by atoms with Gasteiger partial charge < -0.3 is 10.6 Å². The molecule has 4 N–H and O–H groups in total. The van der Waals surface area contributed by atoms with Crippen molar-refractivity contribution >= 4 is 63.3 Å². The Morgan fingerprint density at radius 2 is 1.76 bits per heavy atom. The van der Waals surface area contributed by atoms with Crippen LogP contribution in [0, 0.1) is 10.1 Å². The maximum absolute atomic E-state index is 12.7. The highest BCUT2D eigenvalue weighted by atomic mass is 32.2. The van der Waals surface area contributed by atoms with Crippen molar-refractivity contribution in [2.24, 2.45) is 0 Å². The first-order valence-corrected chi connectivity index (χ1v) is 14.1. The van der Waals surface area contributed by atoms with Crippen LogP contribution in [-0.2, 0) is 16.2 Å². The van der Waals surface area contributed by atoms with Gasteiger partial charge >= 0.3 is 0 Å². The van der Waals surface area contributed by atoms with Gasteiger partial charge in [0.1, 0.15) is 5.69 Å². The van der Waals surface area contributed by atoms with Gasteiger partial charge in [-0.2, -0.15) is 4.94 Å². The molecule has 2 aliphatic heterocycles. The van der Waals surface area contributed by atoms with E-state index in [1.807, 2.05) is 24.3 Å². The molecule has 42 heavy (non-hydrogen) atoms. The van der Waals surface area contributed by atoms with E-state index in [2.05, 4.69) is 28.5 Å². The van der Waals surface area contributed by atoms with Crippen molar-refractivity contribution < 1.29 is 24.2 Å². The number of unbranched alkanes of at least 4 members (excludes halogenated alkanes) is 1. The maximum Gasteiger partial charge on any atom is 0.297 e. The number of benzene rings is 3. The fourth-order valence-electron chi connectivity index (χ4n) is 4.44. The minimum absolute atomic E-state index is 0.125. The Hall–Kier alpha value is -4.88. The quantitative estimate of drug-likeness (QED) is 0.0930. The van der Waals surface area contributed by atoms with Gasteiger partial charge in [-0.15, -0.1) is 0 Å². The van der Waals surface area contributed by atoms with Gasteiger partial charge in [-0.1, -0.05) is 31.2 Å². The number of hydrogen-bond acceptors (Lipinski definition) is 10. The molecule has 13 heteroatoms. The third-order valence-electron chi connectivity index (χ3n) is 6.77. The molecular weight excluding hydrogens is 560 g/mol. The lowest BCUT2D eigenvalue weighted by Gasteiger charge is -2.12. The van der Waals surface area contributed by atoms with Crippen molar-refractivity contribution in [2.45, 2.75) is 26.2 Å². The van der Waals surface area contributed by atoms with Crippen LogP contribution in [0.15, 0.2) is 65.6 Å². The molecule has 2 heterocycles. The summed E-state index contributed by atoms with van der Waals surface area (Å²) in [5, 5.41) is 16.9. The topological polar surface area (TPSA) is 155 Å². The van der Waals surface area contributed by atoms with Crippen LogP contribution in [0.4, 0.5) is 33.2 Å². The van der Waals surface area contributed by atoms with Crippen molar-refractivity contribution in [3.8, 4) is 0 Å². The molecule has 3 aromatic rings. The van der Waals surface area contributed by atoms with E-state index in [0.717, 1.165) is 23.7 Å². The second-order valence-corrected chi connectivity index (χ2v) is 10.5. The standard InChI is InChI=1S/C29H28N6O6S/c1-2-18-5-7-19(8-6-18)17-24-28(37)34(29(38)42-24)16-4-3-15-30-27(36)20-9-11-21(12-10-20)31-22-13-14-23(35(39)40)26-25(22)32-41-33-26/h5-14,17,31-33H,2-4,15-16H2,1H3,(H,30,36)/b24-17-. The van der Waals surface area contributed by atoms with Crippen molar-refractivity contribution in [1.29, 1.82) is 0 Å². The van der Waals surface area contributed by atoms with Gasteiger partial charge in [0.05, 0.1) is 15.5 Å². The number of imide groups is 1. The summed E-state index contributed by atoms with van der Waals surface area (Å²) >= 11 is 0.945. The molecule has 5 rings (SSSR count). The number of anilines is 4. The smallest absolute Gasteiger partial charge is 0.297 e. The molecule has 0 aliphatic carbocycles. The van der Waals surface area contributed by atoms with E-state index in [9.17, 15) is 24.5 Å². The molecule has 216 valence electrons. The Morgan fingerprint density at radius 1 is 1.02 bits per heavy atom. The summed E-state index contributed by atoms with van der Waals surface area (Å²) in [6.45, 7) is 2.75. The summed E-state index contributed by atoms with van der Waals surface area (Å²) in [5.74, 6) is -0.541. The van der Waals surface area contributed by atoms with E-state index >= 15 is 0 Å². The van der Waals surface area contributed by atoms with Gasteiger partial charge in [0.25, 0.3) is 22.7 Å². The predicted molar refractivity (Wildman–Crippen MR) is 161 cm³/mol. The Labute approximate surface area is 245 Å². The lowest BCUT2D eigenvalue weighted by atomic mass is 10.1. The first-order chi connectivity index (χ1) is 20.3. The Kier molecular flexibility index (Phi) is 8.69. The molecule has 0 atom stereocenters. The summed E-state index contributed by atoms with van der Waals surface area (Å²) in [6, 6.07) is 17.6. The Bertz CT molecular complexity index is 1560. The highest BCUT2D eigenvalue weighted by molar-refractivity contribution is 8.18. The van der Waals surface area contributed by atoms with E-state index in [1.54, 1.807) is 36.4 Å². The average Bonchev–Trinajstić information content (AvgIpc) is 3.58. The van der Waals surface area contributed by atoms with E-state index in [1.165, 1.54) is 16.5 Å². The molecule has 12 nitrogen and oxygen atoms in total. The number of thioether (sulfide) groups is 1. The van der Waals surface area contributed by atoms with Gasteiger partial charge in [-0.05, 0) is 78.6 Å². The molecule has 1 fully saturated rings. The SMILES string of the molecule is CCc1ccc(/C=C2\SC(=O)N(CCCCNC(=O)c3ccc(Nc4ccc([N+](=O)[O-])c5c4NON5)cc3)C2=O)cc1. The molecule has 0 spiro atoms. The average molecular weight is 589 g/mol. The Balaban J connectivity index is 1.07. The second-order valence-electron chi connectivity index (χ2n) is 9.54. The first-order valence-electron chi connectivity index (χ1n) is 13.3. The zero-order valence-corrected chi connectivity index (χ0v) is 23.5. The molecule has 3 aromatic carbocycles. The van der Waals surface area contributed by atoms with E-state index in [0.29, 0.717) is 46.9 Å². The fraction of sp³-hybridized carbons (Fsp3) is 0.207. The number of hydrogen-bond donors (Lipinski definition) is 4. The number of nitrogens with one attached hydrogen (secondary N) is 4. The lowest BCUT2D eigenvalue weighted by Crippen LogP contribution is -2.30. The van der Waals surface area contributed by atoms with E-state index in [-0.39, 0.29) is 35.0 Å². The summed E-state index contributed by atoms with van der Waals surface area (Å²) < 4.78 is 0. The third-order valence-corrected chi connectivity index (χ3v) is 7.67. The largest absolute Gasteiger partial charge is 0.354 e. The van der Waals surface area contributed by atoms with Crippen LogP contribution < -0.4 is 21.6 Å².